The number of aliphatic hydroxyl groups is 1. The average molecular weight is 673 g/mol. The Morgan fingerprint density at radius 2 is 1.85 bits per heavy atom. The molecule has 2 aliphatic rings. The summed E-state index contributed by atoms with van der Waals surface area (Å²) in [5.41, 5.74) is 0.825. The number of aliphatic hydroxyl groups excluding tert-OH is 1. The van der Waals surface area contributed by atoms with Crippen molar-refractivity contribution in [3.63, 3.8) is 0 Å². The number of carboxylic acids is 1. The van der Waals surface area contributed by atoms with Crippen LogP contribution in [0.15, 0.2) is 23.8 Å². The van der Waals surface area contributed by atoms with E-state index in [2.05, 4.69) is 63.7 Å². The fourth-order valence-electron chi connectivity index (χ4n) is 6.25. The fraction of sp³-hybridized carbons (Fsp3) is 0.750. The maximum absolute atomic E-state index is 12.6. The molecule has 0 bridgehead atoms. The van der Waals surface area contributed by atoms with E-state index in [9.17, 15) is 24.6 Å². The van der Waals surface area contributed by atoms with E-state index in [4.69, 9.17) is 14.2 Å². The van der Waals surface area contributed by atoms with Crippen molar-refractivity contribution in [1.29, 1.82) is 0 Å². The molecule has 0 aliphatic carbocycles. The van der Waals surface area contributed by atoms with Crippen molar-refractivity contribution in [1.82, 2.24) is 10.2 Å². The maximum atomic E-state index is 12.6. The Kier molecular flexibility index (Phi) is 22.8. The summed E-state index contributed by atoms with van der Waals surface area (Å²) in [5, 5.41) is 22.0. The number of carbonyl (C=O) groups excluding carboxylic acids is 2. The van der Waals surface area contributed by atoms with Gasteiger partial charge in [-0.05, 0) is 77.3 Å². The maximum Gasteiger partial charge on any atom is 1.00 e. The van der Waals surface area contributed by atoms with Crippen LogP contribution < -0.4 is 24.2 Å². The number of epoxide rings is 1. The van der Waals surface area contributed by atoms with Gasteiger partial charge in [-0.3, -0.25) is 4.79 Å². The van der Waals surface area contributed by atoms with E-state index in [-0.39, 0.29) is 86.1 Å². The number of hydrogen-bond donors (Lipinski definition) is 3. The largest absolute Gasteiger partial charge is 1.00 e. The van der Waals surface area contributed by atoms with Gasteiger partial charge >= 0.3 is 24.8 Å². The molecule has 12 heteroatoms. The van der Waals surface area contributed by atoms with Crippen molar-refractivity contribution in [2.24, 2.45) is 17.8 Å². The first-order valence-electron chi connectivity index (χ1n) is 16.8. The number of rotatable bonds is 20. The third-order valence-electron chi connectivity index (χ3n) is 9.07. The van der Waals surface area contributed by atoms with E-state index in [0.29, 0.717) is 12.3 Å². The third kappa shape index (κ3) is 16.3. The zero-order valence-corrected chi connectivity index (χ0v) is 30.9. The van der Waals surface area contributed by atoms with E-state index >= 15 is 0 Å². The Hall–Kier alpha value is -1.71. The average Bonchev–Trinajstić information content (AvgIpc) is 3.69. The topological polar surface area (TPSA) is 147 Å². The molecule has 10 atom stereocenters. The molecule has 2 heterocycles. The quantitative estimate of drug-likeness (QED) is 0.0569. The molecule has 0 aromatic heterocycles. The number of allylic oxidation sites excluding steroid dienone is 3. The van der Waals surface area contributed by atoms with E-state index in [1.807, 2.05) is 24.9 Å². The first-order chi connectivity index (χ1) is 22.1. The molecule has 0 radical (unpaired) electrons. The van der Waals surface area contributed by atoms with Gasteiger partial charge in [0.1, 0.15) is 6.04 Å². The number of nitrogens with one attached hydrogen (secondary N) is 1. The Morgan fingerprint density at radius 3 is 2.38 bits per heavy atom. The van der Waals surface area contributed by atoms with E-state index < -0.39 is 18.1 Å². The van der Waals surface area contributed by atoms with Crippen LogP contribution in [0.4, 0.5) is 0 Å². The predicted octanol–water partition coefficient (Wildman–Crippen LogP) is 1.30. The zero-order valence-electron chi connectivity index (χ0n) is 30.9. The van der Waals surface area contributed by atoms with Crippen molar-refractivity contribution >= 4 is 18.3 Å². The first kappa shape index (κ1) is 46.3. The molecule has 2 rings (SSSR count). The Bertz CT molecular complexity index is 1010. The van der Waals surface area contributed by atoms with Crippen LogP contribution in [0.5, 0.6) is 0 Å². The summed E-state index contributed by atoms with van der Waals surface area (Å²) in [6, 6.07) is -1.05. The molecule has 0 spiro atoms. The Labute approximate surface area is 301 Å². The summed E-state index contributed by atoms with van der Waals surface area (Å²) in [7, 11) is 3.60. The van der Waals surface area contributed by atoms with Crippen LogP contribution in [0.1, 0.15) is 80.1 Å². The van der Waals surface area contributed by atoms with Crippen molar-refractivity contribution in [2.75, 3.05) is 33.9 Å². The molecule has 2 aliphatic heterocycles. The minimum atomic E-state index is -1.13. The van der Waals surface area contributed by atoms with Crippen LogP contribution in [-0.4, -0.2) is 109 Å². The van der Waals surface area contributed by atoms with Gasteiger partial charge in [0.15, 0.2) is 0 Å². The Balaban J connectivity index is 0.00000288. The SMILES string of the molecule is CO[C@H]([C@@H](C)[C@H]1O[C@]1(C)C[C@H](C)/C=C/C=C(\C)[C@H]1O[C@@H](CC(=O)N[C@H](CCCO[C-]=O)C(=O)O)CC[C@@H]1C)[C@@H](C)O.[CH2-]CN(C)C[CH2-].[Li+]. The summed E-state index contributed by atoms with van der Waals surface area (Å²) in [6.45, 7) is 22.6. The normalized spacial score (nSPS) is 27.0. The van der Waals surface area contributed by atoms with Crippen molar-refractivity contribution in [3.05, 3.63) is 37.6 Å². The number of amides is 1. The monoisotopic (exact) mass is 672 g/mol. The summed E-state index contributed by atoms with van der Waals surface area (Å²) >= 11 is 0. The smallest absolute Gasteiger partial charge is 0.653 e. The Morgan fingerprint density at radius 1 is 1.21 bits per heavy atom. The molecular weight excluding hydrogens is 611 g/mol. The molecule has 3 N–H and O–H groups in total. The number of aliphatic carboxylic acids is 1. The van der Waals surface area contributed by atoms with Gasteiger partial charge in [-0.1, -0.05) is 45.5 Å². The van der Waals surface area contributed by atoms with Crippen LogP contribution >= 0.6 is 0 Å². The van der Waals surface area contributed by atoms with Gasteiger partial charge < -0.3 is 58.0 Å². The second kappa shape index (κ2) is 23.6. The molecular formula is C36H61LiN2O9-2. The molecule has 0 aromatic rings. The minimum Gasteiger partial charge on any atom is -0.653 e. The van der Waals surface area contributed by atoms with Gasteiger partial charge in [0.05, 0.1) is 42.5 Å². The zero-order chi connectivity index (χ0) is 35.7. The summed E-state index contributed by atoms with van der Waals surface area (Å²) in [5.74, 6) is -0.847. The van der Waals surface area contributed by atoms with Crippen molar-refractivity contribution < 1.29 is 62.4 Å². The van der Waals surface area contributed by atoms with Gasteiger partial charge in [0, 0.05) is 19.6 Å². The van der Waals surface area contributed by atoms with Crippen molar-refractivity contribution in [2.45, 2.75) is 122 Å². The number of ether oxygens (including phenoxy) is 4. The van der Waals surface area contributed by atoms with E-state index in [0.717, 1.165) is 37.9 Å². The molecule has 1 amide bonds. The summed E-state index contributed by atoms with van der Waals surface area (Å²) < 4.78 is 22.3. The molecule has 0 saturated carbocycles. The minimum absolute atomic E-state index is 0. The number of hydrogen-bond acceptors (Lipinski definition) is 9. The van der Waals surface area contributed by atoms with E-state index in [1.165, 1.54) is 6.47 Å². The third-order valence-corrected chi connectivity index (χ3v) is 9.07. The van der Waals surface area contributed by atoms with Crippen LogP contribution in [0.25, 0.3) is 0 Å². The van der Waals surface area contributed by atoms with Crippen molar-refractivity contribution in [3.8, 4) is 0 Å². The standard InChI is InChI=1S/C31H50NO9.C5H11N.Li/c1-19(17-31(6)29(41-31)22(4)28(38-7)23(5)34)10-8-11-20(2)27-21(3)13-14-24(40-27)16-26(35)32-25(30(36)37)12-9-15-39-18-33;1-4-6(3)5-2;/h8,10-11,19,21-25,27-29,34H,9,12-17H2,1-7H3,(H,32,35)(H,36,37);1-2,4-5H2,3H3;/q-1;-2;+1/b10-8+,20-11+;;/t19-,21+,22-,23-,24-,25-,27-,28-,29-,31-;;/m1../s1. The number of methoxy groups -OCH3 is 1. The fourth-order valence-corrected chi connectivity index (χ4v) is 6.25. The number of nitrogens with zero attached hydrogens (tertiary/aromatic N) is 1. The van der Waals surface area contributed by atoms with Gasteiger partial charge in [0.2, 0.25) is 5.91 Å². The first-order valence-corrected chi connectivity index (χ1v) is 16.8. The second-order valence-corrected chi connectivity index (χ2v) is 13.4. The van der Waals surface area contributed by atoms with E-state index in [1.54, 1.807) is 14.0 Å². The molecule has 48 heavy (non-hydrogen) atoms. The van der Waals surface area contributed by atoms with Crippen LogP contribution in [0, 0.1) is 31.6 Å². The summed E-state index contributed by atoms with van der Waals surface area (Å²) in [4.78, 5) is 36.3. The van der Waals surface area contributed by atoms with Gasteiger partial charge in [-0.2, -0.15) is 0 Å². The second-order valence-electron chi connectivity index (χ2n) is 13.4. The summed E-state index contributed by atoms with van der Waals surface area (Å²) in [6.07, 6.45) is 8.09. The number of carboxylic acid groups (broad SMARTS) is 1. The molecule has 2 fully saturated rings. The molecule has 2 saturated heterocycles. The van der Waals surface area contributed by atoms with Gasteiger partial charge in [-0.15, -0.1) is 13.1 Å². The molecule has 272 valence electrons. The molecule has 0 unspecified atom stereocenters. The predicted molar refractivity (Wildman–Crippen MR) is 182 cm³/mol. The van der Waals surface area contributed by atoms with Gasteiger partial charge in [0.25, 0.3) is 0 Å². The molecule has 0 aromatic carbocycles. The van der Waals surface area contributed by atoms with Crippen LogP contribution in [0.3, 0.4) is 0 Å². The number of carbonyl (C=O) groups is 2. The van der Waals surface area contributed by atoms with Gasteiger partial charge in [-0.25, -0.2) is 4.79 Å². The molecule has 11 nitrogen and oxygen atoms in total. The van der Waals surface area contributed by atoms with Crippen LogP contribution in [-0.2, 0) is 33.3 Å². The van der Waals surface area contributed by atoms with Crippen LogP contribution in [0.2, 0.25) is 0 Å².